The van der Waals surface area contributed by atoms with Gasteiger partial charge in [0.2, 0.25) is 5.91 Å². The molecular formula is C14H23N3O5. The molecule has 1 N–H and O–H groups in total. The van der Waals surface area contributed by atoms with Gasteiger partial charge in [0.05, 0.1) is 13.2 Å². The maximum Gasteiger partial charge on any atom is 0.408 e. The maximum atomic E-state index is 12.2. The van der Waals surface area contributed by atoms with Gasteiger partial charge < -0.3 is 19.7 Å². The molecule has 0 aliphatic rings. The van der Waals surface area contributed by atoms with Gasteiger partial charge in [0.1, 0.15) is 18.2 Å². The minimum atomic E-state index is -0.965. The highest BCUT2D eigenvalue weighted by atomic mass is 16.6. The minimum Gasteiger partial charge on any atom is -0.469 e. The molecule has 0 bridgehead atoms. The Hall–Kier alpha value is -2.30. The molecule has 0 saturated carbocycles. The van der Waals surface area contributed by atoms with E-state index in [1.54, 1.807) is 20.8 Å². The van der Waals surface area contributed by atoms with E-state index in [2.05, 4.69) is 10.1 Å². The predicted molar refractivity (Wildman–Crippen MR) is 77.7 cm³/mol. The van der Waals surface area contributed by atoms with E-state index in [1.807, 2.05) is 6.07 Å². The van der Waals surface area contributed by atoms with Crippen LogP contribution in [0.5, 0.6) is 0 Å². The van der Waals surface area contributed by atoms with E-state index in [0.717, 1.165) is 0 Å². The fourth-order valence-corrected chi connectivity index (χ4v) is 1.52. The molecule has 1 atom stereocenters. The van der Waals surface area contributed by atoms with Gasteiger partial charge in [0.25, 0.3) is 0 Å². The van der Waals surface area contributed by atoms with Crippen LogP contribution in [-0.4, -0.2) is 55.2 Å². The zero-order valence-electron chi connectivity index (χ0n) is 13.6. The number of nitrogens with one attached hydrogen (secondary N) is 1. The second kappa shape index (κ2) is 8.87. The third-order valence-corrected chi connectivity index (χ3v) is 2.54. The summed E-state index contributed by atoms with van der Waals surface area (Å²) in [4.78, 5) is 36.3. The molecule has 0 saturated heterocycles. The molecule has 0 aromatic rings. The third kappa shape index (κ3) is 8.09. The van der Waals surface area contributed by atoms with E-state index < -0.39 is 29.6 Å². The van der Waals surface area contributed by atoms with Gasteiger partial charge in [-0.2, -0.15) is 5.26 Å². The first-order valence-electron chi connectivity index (χ1n) is 6.79. The molecule has 0 aromatic carbocycles. The lowest BCUT2D eigenvalue weighted by atomic mass is 10.1. The first-order valence-corrected chi connectivity index (χ1v) is 6.79. The van der Waals surface area contributed by atoms with Crippen LogP contribution in [-0.2, 0) is 19.1 Å². The first-order chi connectivity index (χ1) is 10.1. The number of nitriles is 1. The highest BCUT2D eigenvalue weighted by molar-refractivity contribution is 5.86. The summed E-state index contributed by atoms with van der Waals surface area (Å²) in [5.41, 5.74) is -0.710. The monoisotopic (exact) mass is 313 g/mol. The Balaban J connectivity index is 4.85. The van der Waals surface area contributed by atoms with Gasteiger partial charge in [0.15, 0.2) is 0 Å². The molecule has 0 heterocycles. The number of likely N-dealkylation sites (N-methyl/N-ethyl adjacent to an activating group) is 1. The summed E-state index contributed by atoms with van der Waals surface area (Å²) in [6, 6.07) is 0.875. The Morgan fingerprint density at radius 1 is 1.32 bits per heavy atom. The molecule has 22 heavy (non-hydrogen) atoms. The normalized spacial score (nSPS) is 11.8. The number of amides is 2. The number of carbonyl (C=O) groups excluding carboxylic acids is 3. The lowest BCUT2D eigenvalue weighted by Crippen LogP contribution is -2.49. The molecule has 0 radical (unpaired) electrons. The molecule has 8 nitrogen and oxygen atoms in total. The number of carbonyl (C=O) groups is 3. The quantitative estimate of drug-likeness (QED) is 0.574. The van der Waals surface area contributed by atoms with Crippen LogP contribution in [0, 0.1) is 11.3 Å². The molecule has 0 fully saturated rings. The standard InChI is InChI=1S/C14H23N3O5/c1-14(2,3)22-13(20)16-10(6-7-11(18)21-5)12(19)17(4)9-8-15/h10H,6-7,9H2,1-5H3,(H,16,20)/t10-/m0/s1. The van der Waals surface area contributed by atoms with Crippen molar-refractivity contribution in [1.82, 2.24) is 10.2 Å². The molecule has 0 spiro atoms. The number of esters is 1. The molecule has 0 aromatic heterocycles. The van der Waals surface area contributed by atoms with Crippen molar-refractivity contribution < 1.29 is 23.9 Å². The van der Waals surface area contributed by atoms with Crippen LogP contribution in [0.1, 0.15) is 33.6 Å². The van der Waals surface area contributed by atoms with E-state index >= 15 is 0 Å². The predicted octanol–water partition coefficient (Wildman–Crippen LogP) is 0.815. The average Bonchev–Trinajstić information content (AvgIpc) is 2.40. The van der Waals surface area contributed by atoms with E-state index in [0.29, 0.717) is 0 Å². The summed E-state index contributed by atoms with van der Waals surface area (Å²) in [6.07, 6.45) is -0.745. The van der Waals surface area contributed by atoms with Crippen molar-refractivity contribution >= 4 is 18.0 Å². The Morgan fingerprint density at radius 2 is 1.91 bits per heavy atom. The van der Waals surface area contributed by atoms with Crippen molar-refractivity contribution in [2.45, 2.75) is 45.3 Å². The van der Waals surface area contributed by atoms with Crippen LogP contribution in [0.3, 0.4) is 0 Å². The number of hydrogen-bond acceptors (Lipinski definition) is 6. The smallest absolute Gasteiger partial charge is 0.408 e. The number of hydrogen-bond donors (Lipinski definition) is 1. The fraction of sp³-hybridized carbons (Fsp3) is 0.714. The Labute approximate surface area is 130 Å². The summed E-state index contributed by atoms with van der Waals surface area (Å²) < 4.78 is 9.60. The Bertz CT molecular complexity index is 450. The van der Waals surface area contributed by atoms with E-state index in [4.69, 9.17) is 10.00 Å². The van der Waals surface area contributed by atoms with Gasteiger partial charge in [-0.1, -0.05) is 0 Å². The summed E-state index contributed by atoms with van der Waals surface area (Å²) >= 11 is 0. The van der Waals surface area contributed by atoms with Gasteiger partial charge in [0, 0.05) is 13.5 Å². The van der Waals surface area contributed by atoms with Crippen LogP contribution in [0.2, 0.25) is 0 Å². The topological polar surface area (TPSA) is 109 Å². The van der Waals surface area contributed by atoms with Crippen molar-refractivity contribution in [2.75, 3.05) is 20.7 Å². The average molecular weight is 313 g/mol. The number of alkyl carbamates (subject to hydrolysis) is 1. The van der Waals surface area contributed by atoms with Gasteiger partial charge in [-0.25, -0.2) is 4.79 Å². The van der Waals surface area contributed by atoms with E-state index in [-0.39, 0.29) is 19.4 Å². The van der Waals surface area contributed by atoms with Crippen molar-refractivity contribution in [3.63, 3.8) is 0 Å². The lowest BCUT2D eigenvalue weighted by molar-refractivity contribution is -0.141. The fourth-order valence-electron chi connectivity index (χ4n) is 1.52. The Morgan fingerprint density at radius 3 is 2.36 bits per heavy atom. The van der Waals surface area contributed by atoms with Crippen molar-refractivity contribution in [3.05, 3.63) is 0 Å². The zero-order valence-corrected chi connectivity index (χ0v) is 13.6. The van der Waals surface area contributed by atoms with Crippen molar-refractivity contribution in [2.24, 2.45) is 0 Å². The SMILES string of the molecule is COC(=O)CC[C@H](NC(=O)OC(C)(C)C)C(=O)N(C)CC#N. The van der Waals surface area contributed by atoms with Gasteiger partial charge in [-0.05, 0) is 27.2 Å². The molecular weight excluding hydrogens is 290 g/mol. The Kier molecular flexibility index (Phi) is 7.94. The van der Waals surface area contributed by atoms with Crippen LogP contribution >= 0.6 is 0 Å². The maximum absolute atomic E-state index is 12.2. The van der Waals surface area contributed by atoms with Gasteiger partial charge in [-0.15, -0.1) is 0 Å². The second-order valence-corrected chi connectivity index (χ2v) is 5.67. The van der Waals surface area contributed by atoms with Crippen LogP contribution in [0.4, 0.5) is 4.79 Å². The highest BCUT2D eigenvalue weighted by Gasteiger charge is 2.27. The number of nitrogens with zero attached hydrogens (tertiary/aromatic N) is 2. The van der Waals surface area contributed by atoms with E-state index in [9.17, 15) is 14.4 Å². The summed E-state index contributed by atoms with van der Waals surface area (Å²) in [6.45, 7) is 4.96. The molecule has 0 unspecified atom stereocenters. The molecule has 0 aliphatic carbocycles. The highest BCUT2D eigenvalue weighted by Crippen LogP contribution is 2.09. The summed E-state index contributed by atoms with van der Waals surface area (Å²) in [5, 5.41) is 11.1. The summed E-state index contributed by atoms with van der Waals surface area (Å²) in [5.74, 6) is -0.969. The minimum absolute atomic E-state index is 0.0386. The second-order valence-electron chi connectivity index (χ2n) is 5.67. The molecule has 0 aliphatic heterocycles. The van der Waals surface area contributed by atoms with Gasteiger partial charge >= 0.3 is 12.1 Å². The number of methoxy groups -OCH3 is 1. The number of ether oxygens (including phenoxy) is 2. The largest absolute Gasteiger partial charge is 0.469 e. The zero-order chi connectivity index (χ0) is 17.3. The lowest BCUT2D eigenvalue weighted by Gasteiger charge is -2.25. The molecule has 124 valence electrons. The van der Waals surface area contributed by atoms with Crippen molar-refractivity contribution in [1.29, 1.82) is 5.26 Å². The first kappa shape index (κ1) is 19.7. The van der Waals surface area contributed by atoms with Crippen LogP contribution in [0.15, 0.2) is 0 Å². The third-order valence-electron chi connectivity index (χ3n) is 2.54. The van der Waals surface area contributed by atoms with Crippen molar-refractivity contribution in [3.8, 4) is 6.07 Å². The molecule has 0 rings (SSSR count). The molecule has 2 amide bonds. The van der Waals surface area contributed by atoms with Gasteiger partial charge in [-0.3, -0.25) is 9.59 Å². The number of rotatable bonds is 6. The summed E-state index contributed by atoms with van der Waals surface area (Å²) in [7, 11) is 2.68. The van der Waals surface area contributed by atoms with E-state index in [1.165, 1.54) is 19.1 Å². The molecule has 8 heteroatoms. The van der Waals surface area contributed by atoms with Crippen LogP contribution < -0.4 is 5.32 Å². The van der Waals surface area contributed by atoms with Crippen LogP contribution in [0.25, 0.3) is 0 Å².